The first kappa shape index (κ1) is 14.5. The zero-order chi connectivity index (χ0) is 15.4. The molecule has 0 atom stereocenters. The fourth-order valence-electron chi connectivity index (χ4n) is 1.87. The third-order valence-corrected chi connectivity index (χ3v) is 2.93. The van der Waals surface area contributed by atoms with Gasteiger partial charge in [0.05, 0.1) is 16.6 Å². The van der Waals surface area contributed by atoms with E-state index in [1.165, 1.54) is 24.3 Å². The van der Waals surface area contributed by atoms with Crippen molar-refractivity contribution in [2.75, 3.05) is 0 Å². The first-order chi connectivity index (χ1) is 10.0. The van der Waals surface area contributed by atoms with Crippen molar-refractivity contribution in [3.8, 4) is 11.8 Å². The molecule has 0 amide bonds. The molecule has 2 aromatic carbocycles. The van der Waals surface area contributed by atoms with Crippen LogP contribution in [0.1, 0.15) is 16.7 Å². The van der Waals surface area contributed by atoms with Gasteiger partial charge >= 0.3 is 5.69 Å². The Kier molecular flexibility index (Phi) is 4.14. The van der Waals surface area contributed by atoms with Crippen LogP contribution in [0.25, 0.3) is 0 Å². The second-order valence-electron chi connectivity index (χ2n) is 4.39. The molecular formula is C15H11FN2O3. The van der Waals surface area contributed by atoms with Gasteiger partial charge in [0.2, 0.25) is 0 Å². The van der Waals surface area contributed by atoms with E-state index in [1.54, 1.807) is 19.1 Å². The van der Waals surface area contributed by atoms with Gasteiger partial charge in [0, 0.05) is 11.6 Å². The van der Waals surface area contributed by atoms with E-state index in [0.29, 0.717) is 11.1 Å². The number of nitrogens with zero attached hydrogens (tertiary/aromatic N) is 2. The van der Waals surface area contributed by atoms with Crippen molar-refractivity contribution in [1.82, 2.24) is 0 Å². The molecule has 0 N–H and O–H groups in total. The van der Waals surface area contributed by atoms with Gasteiger partial charge in [-0.15, -0.1) is 0 Å². The Hall–Kier alpha value is -2.94. The maximum atomic E-state index is 13.6. The number of halogens is 1. The average molecular weight is 286 g/mol. The largest absolute Gasteiger partial charge is 0.482 e. The molecule has 0 aromatic heterocycles. The average Bonchev–Trinajstić information content (AvgIpc) is 2.47. The Balaban J connectivity index is 2.29. The number of nitro benzene ring substituents is 1. The summed E-state index contributed by atoms with van der Waals surface area (Å²) in [5.74, 6) is -0.422. The van der Waals surface area contributed by atoms with Crippen LogP contribution in [0, 0.1) is 34.2 Å². The summed E-state index contributed by atoms with van der Waals surface area (Å²) in [6.45, 7) is 1.48. The summed E-state index contributed by atoms with van der Waals surface area (Å²) in [6, 6.07) is 10.3. The summed E-state index contributed by atoms with van der Waals surface area (Å²) < 4.78 is 19.0. The quantitative estimate of drug-likeness (QED) is 0.636. The normalized spacial score (nSPS) is 9.95. The first-order valence-electron chi connectivity index (χ1n) is 6.08. The third-order valence-electron chi connectivity index (χ3n) is 2.93. The van der Waals surface area contributed by atoms with Crippen molar-refractivity contribution in [2.24, 2.45) is 0 Å². The molecule has 0 saturated heterocycles. The smallest absolute Gasteiger partial charge is 0.311 e. The van der Waals surface area contributed by atoms with Gasteiger partial charge in [-0.3, -0.25) is 10.1 Å². The molecule has 21 heavy (non-hydrogen) atoms. The van der Waals surface area contributed by atoms with Crippen LogP contribution >= 0.6 is 0 Å². The summed E-state index contributed by atoms with van der Waals surface area (Å²) in [7, 11) is 0. The number of ether oxygens (including phenoxy) is 1. The van der Waals surface area contributed by atoms with Gasteiger partial charge in [0.25, 0.3) is 0 Å². The number of hydrogen-bond donors (Lipinski definition) is 0. The van der Waals surface area contributed by atoms with E-state index in [9.17, 15) is 14.5 Å². The molecule has 0 aliphatic rings. The molecule has 0 saturated carbocycles. The second-order valence-corrected chi connectivity index (χ2v) is 4.39. The van der Waals surface area contributed by atoms with Gasteiger partial charge < -0.3 is 4.74 Å². The van der Waals surface area contributed by atoms with Crippen molar-refractivity contribution in [1.29, 1.82) is 5.26 Å². The molecule has 2 aromatic rings. The van der Waals surface area contributed by atoms with Crippen molar-refractivity contribution >= 4 is 5.69 Å². The Morgan fingerprint density at radius 3 is 2.81 bits per heavy atom. The van der Waals surface area contributed by atoms with Crippen molar-refractivity contribution in [3.63, 3.8) is 0 Å². The highest BCUT2D eigenvalue weighted by atomic mass is 19.1. The third kappa shape index (κ3) is 3.15. The molecule has 0 spiro atoms. The monoisotopic (exact) mass is 286 g/mol. The van der Waals surface area contributed by atoms with Crippen molar-refractivity contribution in [3.05, 3.63) is 69.0 Å². The van der Waals surface area contributed by atoms with Gasteiger partial charge in [0.1, 0.15) is 12.4 Å². The lowest BCUT2D eigenvalue weighted by molar-refractivity contribution is -0.386. The lowest BCUT2D eigenvalue weighted by atomic mass is 10.1. The van der Waals surface area contributed by atoms with Crippen LogP contribution in [-0.4, -0.2) is 4.92 Å². The molecule has 0 aliphatic heterocycles. The molecule has 0 unspecified atom stereocenters. The molecule has 0 aliphatic carbocycles. The fourth-order valence-corrected chi connectivity index (χ4v) is 1.87. The Labute approximate surface area is 120 Å². The number of benzene rings is 2. The van der Waals surface area contributed by atoms with Crippen LogP contribution in [0.2, 0.25) is 0 Å². The SMILES string of the molecule is Cc1cccc([N+](=O)[O-])c1OCc1cc(C#N)ccc1F. The van der Waals surface area contributed by atoms with E-state index in [1.807, 2.05) is 6.07 Å². The molecule has 5 nitrogen and oxygen atoms in total. The van der Waals surface area contributed by atoms with E-state index in [4.69, 9.17) is 10.00 Å². The highest BCUT2D eigenvalue weighted by Gasteiger charge is 2.17. The first-order valence-corrected chi connectivity index (χ1v) is 6.08. The zero-order valence-electron chi connectivity index (χ0n) is 11.2. The van der Waals surface area contributed by atoms with Crippen molar-refractivity contribution < 1.29 is 14.1 Å². The number of aryl methyl sites for hydroxylation is 1. The van der Waals surface area contributed by atoms with E-state index in [2.05, 4.69) is 0 Å². The molecule has 106 valence electrons. The molecule has 2 rings (SSSR count). The lowest BCUT2D eigenvalue weighted by Crippen LogP contribution is -2.03. The van der Waals surface area contributed by atoms with Crippen molar-refractivity contribution in [2.45, 2.75) is 13.5 Å². The Morgan fingerprint density at radius 1 is 1.38 bits per heavy atom. The van der Waals surface area contributed by atoms with Crippen LogP contribution in [0.15, 0.2) is 36.4 Å². The van der Waals surface area contributed by atoms with Gasteiger partial charge in [-0.2, -0.15) is 5.26 Å². The van der Waals surface area contributed by atoms with Crippen LogP contribution < -0.4 is 4.74 Å². The standard InChI is InChI=1S/C15H11FN2O3/c1-10-3-2-4-14(18(19)20)15(10)21-9-12-7-11(8-17)5-6-13(12)16/h2-7H,9H2,1H3. The lowest BCUT2D eigenvalue weighted by Gasteiger charge is -2.10. The van der Waals surface area contributed by atoms with Crippen LogP contribution in [-0.2, 0) is 6.61 Å². The predicted octanol–water partition coefficient (Wildman–Crippen LogP) is 3.49. The van der Waals surface area contributed by atoms with E-state index >= 15 is 0 Å². The molecule has 6 heteroatoms. The Bertz CT molecular complexity index is 738. The van der Waals surface area contributed by atoms with Gasteiger partial charge in [-0.05, 0) is 30.7 Å². The molecule has 0 radical (unpaired) electrons. The number of nitriles is 1. The molecule has 0 fully saturated rings. The Morgan fingerprint density at radius 2 is 2.14 bits per heavy atom. The predicted molar refractivity (Wildman–Crippen MR) is 73.3 cm³/mol. The van der Waals surface area contributed by atoms with Gasteiger partial charge in [-0.1, -0.05) is 12.1 Å². The molecule has 0 heterocycles. The van der Waals surface area contributed by atoms with E-state index < -0.39 is 10.7 Å². The maximum absolute atomic E-state index is 13.6. The van der Waals surface area contributed by atoms with Gasteiger partial charge in [0.15, 0.2) is 5.75 Å². The van der Waals surface area contributed by atoms with E-state index in [-0.39, 0.29) is 23.6 Å². The van der Waals surface area contributed by atoms with Crippen LogP contribution in [0.4, 0.5) is 10.1 Å². The van der Waals surface area contributed by atoms with Crippen LogP contribution in [0.5, 0.6) is 5.75 Å². The number of hydrogen-bond acceptors (Lipinski definition) is 4. The molecular weight excluding hydrogens is 275 g/mol. The summed E-state index contributed by atoms with van der Waals surface area (Å²) in [6.07, 6.45) is 0. The highest BCUT2D eigenvalue weighted by molar-refractivity contribution is 5.51. The van der Waals surface area contributed by atoms with Crippen LogP contribution in [0.3, 0.4) is 0 Å². The summed E-state index contributed by atoms with van der Waals surface area (Å²) in [5, 5.41) is 19.8. The highest BCUT2D eigenvalue weighted by Crippen LogP contribution is 2.31. The number of nitro groups is 1. The van der Waals surface area contributed by atoms with Gasteiger partial charge in [-0.25, -0.2) is 4.39 Å². The molecule has 0 bridgehead atoms. The fraction of sp³-hybridized carbons (Fsp3) is 0.133. The minimum atomic E-state index is -0.551. The minimum Gasteiger partial charge on any atom is -0.482 e. The second kappa shape index (κ2) is 6.01. The summed E-state index contributed by atoms with van der Waals surface area (Å²) in [4.78, 5) is 10.4. The summed E-state index contributed by atoms with van der Waals surface area (Å²) in [5.41, 5.74) is 0.883. The number of para-hydroxylation sites is 1. The summed E-state index contributed by atoms with van der Waals surface area (Å²) >= 11 is 0. The van der Waals surface area contributed by atoms with E-state index in [0.717, 1.165) is 0 Å². The topological polar surface area (TPSA) is 76.2 Å². The minimum absolute atomic E-state index is 0.101. The zero-order valence-corrected chi connectivity index (χ0v) is 11.2. The maximum Gasteiger partial charge on any atom is 0.311 e. The number of rotatable bonds is 4.